The molecule has 0 N–H and O–H groups in total. The summed E-state index contributed by atoms with van der Waals surface area (Å²) in [6.07, 6.45) is 0. The largest absolute Gasteiger partial charge is 0.309 e. The maximum atomic E-state index is 4.68. The monoisotopic (exact) mass is 475 g/mol. The summed E-state index contributed by atoms with van der Waals surface area (Å²) in [4.78, 5) is 9.27. The van der Waals surface area contributed by atoms with Crippen molar-refractivity contribution in [1.82, 2.24) is 14.5 Å². The van der Waals surface area contributed by atoms with E-state index in [0.29, 0.717) is 4.73 Å². The smallest absolute Gasteiger partial charge is 0.197 e. The fourth-order valence-corrected chi connectivity index (χ4v) is 4.69. The van der Waals surface area contributed by atoms with Crippen LogP contribution in [0.25, 0.3) is 50.0 Å². The molecule has 6 aromatic rings. The van der Waals surface area contributed by atoms with Crippen molar-refractivity contribution in [1.29, 1.82) is 0 Å². The van der Waals surface area contributed by atoms with Crippen molar-refractivity contribution < 1.29 is 0 Å². The van der Waals surface area contributed by atoms with Gasteiger partial charge in [0.05, 0.1) is 22.4 Å². The Labute approximate surface area is 194 Å². The zero-order chi connectivity index (χ0) is 21.5. The molecule has 0 saturated carbocycles. The second-order valence-corrected chi connectivity index (χ2v) is 8.40. The maximum absolute atomic E-state index is 4.68. The van der Waals surface area contributed by atoms with Gasteiger partial charge in [-0.25, -0.2) is 9.97 Å². The van der Waals surface area contributed by atoms with E-state index in [1.807, 2.05) is 24.3 Å². The fourth-order valence-electron chi connectivity index (χ4n) is 4.31. The second kappa shape index (κ2) is 7.74. The lowest BCUT2D eigenvalue weighted by molar-refractivity contribution is 1.12. The van der Waals surface area contributed by atoms with Gasteiger partial charge in [-0.05, 0) is 52.3 Å². The normalized spacial score (nSPS) is 11.3. The molecule has 2 aromatic heterocycles. The van der Waals surface area contributed by atoms with Gasteiger partial charge in [0.15, 0.2) is 4.73 Å². The van der Waals surface area contributed by atoms with Crippen LogP contribution in [0.3, 0.4) is 0 Å². The summed E-state index contributed by atoms with van der Waals surface area (Å²) in [6, 6.07) is 37.9. The molecule has 32 heavy (non-hydrogen) atoms. The third-order valence-corrected chi connectivity index (χ3v) is 6.11. The van der Waals surface area contributed by atoms with Gasteiger partial charge >= 0.3 is 0 Å². The minimum atomic E-state index is 0.584. The molecule has 0 radical (unpaired) electrons. The van der Waals surface area contributed by atoms with Crippen LogP contribution in [0.5, 0.6) is 0 Å². The van der Waals surface area contributed by atoms with Crippen molar-refractivity contribution >= 4 is 37.7 Å². The van der Waals surface area contributed by atoms with Gasteiger partial charge in [0.2, 0.25) is 0 Å². The zero-order valence-electron chi connectivity index (χ0n) is 17.1. The van der Waals surface area contributed by atoms with Crippen LogP contribution in [0.4, 0.5) is 0 Å². The summed E-state index contributed by atoms with van der Waals surface area (Å²) in [7, 11) is 0. The Morgan fingerprint density at radius 3 is 1.94 bits per heavy atom. The molecule has 6 rings (SSSR count). The van der Waals surface area contributed by atoms with Crippen molar-refractivity contribution in [3.8, 4) is 28.2 Å². The third kappa shape index (κ3) is 3.20. The first-order valence-corrected chi connectivity index (χ1v) is 11.3. The Balaban J connectivity index is 1.58. The lowest BCUT2D eigenvalue weighted by Crippen LogP contribution is -1.94. The van der Waals surface area contributed by atoms with Gasteiger partial charge in [0.1, 0.15) is 0 Å². The molecule has 4 heteroatoms. The van der Waals surface area contributed by atoms with Gasteiger partial charge in [0, 0.05) is 27.6 Å². The van der Waals surface area contributed by atoms with Crippen LogP contribution < -0.4 is 0 Å². The molecule has 0 aliphatic heterocycles. The van der Waals surface area contributed by atoms with Crippen molar-refractivity contribution in [2.45, 2.75) is 0 Å². The number of aromatic nitrogens is 3. The highest BCUT2D eigenvalue weighted by Gasteiger charge is 2.14. The van der Waals surface area contributed by atoms with E-state index in [2.05, 4.69) is 115 Å². The zero-order valence-corrected chi connectivity index (χ0v) is 18.7. The van der Waals surface area contributed by atoms with Gasteiger partial charge in [-0.15, -0.1) is 0 Å². The molecule has 2 heterocycles. The van der Waals surface area contributed by atoms with Crippen molar-refractivity contribution in [3.63, 3.8) is 0 Å². The number of rotatable bonds is 3. The lowest BCUT2D eigenvalue weighted by atomic mass is 10.0. The highest BCUT2D eigenvalue weighted by Crippen LogP contribution is 2.35. The Bertz CT molecular complexity index is 1570. The first-order chi connectivity index (χ1) is 15.8. The Morgan fingerprint density at radius 2 is 1.16 bits per heavy atom. The standard InChI is InChI=1S/C28H18BrN3/c29-28-30-24(19-9-3-1-4-10-19)18-25(31-28)20-15-16-27-23(17-20)22-13-7-8-14-26(22)32(27)21-11-5-2-6-12-21/h1-18H. The Kier molecular flexibility index (Phi) is 4.58. The quantitative estimate of drug-likeness (QED) is 0.246. The van der Waals surface area contributed by atoms with Crippen LogP contribution in [-0.2, 0) is 0 Å². The van der Waals surface area contributed by atoms with Gasteiger partial charge in [0.25, 0.3) is 0 Å². The minimum Gasteiger partial charge on any atom is -0.309 e. The summed E-state index contributed by atoms with van der Waals surface area (Å²) >= 11 is 3.51. The predicted molar refractivity (Wildman–Crippen MR) is 135 cm³/mol. The van der Waals surface area contributed by atoms with E-state index >= 15 is 0 Å². The first kappa shape index (κ1) is 19.0. The van der Waals surface area contributed by atoms with E-state index in [0.717, 1.165) is 28.2 Å². The molecule has 0 unspecified atom stereocenters. The van der Waals surface area contributed by atoms with E-state index in [4.69, 9.17) is 0 Å². The van der Waals surface area contributed by atoms with Gasteiger partial charge < -0.3 is 4.57 Å². The topological polar surface area (TPSA) is 30.7 Å². The molecule has 0 spiro atoms. The van der Waals surface area contributed by atoms with Gasteiger partial charge in [-0.2, -0.15) is 0 Å². The minimum absolute atomic E-state index is 0.584. The molecule has 3 nitrogen and oxygen atoms in total. The van der Waals surface area contributed by atoms with Crippen molar-refractivity contribution in [2.75, 3.05) is 0 Å². The fraction of sp³-hybridized carbons (Fsp3) is 0. The number of halogens is 1. The highest BCUT2D eigenvalue weighted by atomic mass is 79.9. The SMILES string of the molecule is Brc1nc(-c2ccccc2)cc(-c2ccc3c(c2)c2ccccc2n3-c2ccccc2)n1. The highest BCUT2D eigenvalue weighted by molar-refractivity contribution is 9.10. The van der Waals surface area contributed by atoms with Crippen LogP contribution in [0.1, 0.15) is 0 Å². The second-order valence-electron chi connectivity index (χ2n) is 7.69. The molecular weight excluding hydrogens is 458 g/mol. The number of para-hydroxylation sites is 2. The average Bonchev–Trinajstić information content (AvgIpc) is 3.18. The molecule has 4 aromatic carbocycles. The average molecular weight is 476 g/mol. The third-order valence-electron chi connectivity index (χ3n) is 5.75. The number of nitrogens with zero attached hydrogens (tertiary/aromatic N) is 3. The van der Waals surface area contributed by atoms with E-state index in [1.165, 1.54) is 21.8 Å². The van der Waals surface area contributed by atoms with Gasteiger partial charge in [-0.1, -0.05) is 72.8 Å². The summed E-state index contributed by atoms with van der Waals surface area (Å²) in [6.45, 7) is 0. The molecular formula is C28H18BrN3. The number of hydrogen-bond donors (Lipinski definition) is 0. The number of benzene rings is 4. The molecule has 0 atom stereocenters. The number of hydrogen-bond acceptors (Lipinski definition) is 2. The van der Waals surface area contributed by atoms with Crippen molar-refractivity contribution in [3.05, 3.63) is 114 Å². The molecule has 0 amide bonds. The summed E-state index contributed by atoms with van der Waals surface area (Å²) < 4.78 is 2.90. The van der Waals surface area contributed by atoms with E-state index in [-0.39, 0.29) is 0 Å². The van der Waals surface area contributed by atoms with Crippen LogP contribution >= 0.6 is 15.9 Å². The lowest BCUT2D eigenvalue weighted by Gasteiger charge is -2.09. The number of fused-ring (bicyclic) bond motifs is 3. The molecule has 0 bridgehead atoms. The van der Waals surface area contributed by atoms with E-state index in [9.17, 15) is 0 Å². The first-order valence-electron chi connectivity index (χ1n) is 10.5. The van der Waals surface area contributed by atoms with Crippen LogP contribution in [0, 0.1) is 0 Å². The van der Waals surface area contributed by atoms with E-state index < -0.39 is 0 Å². The molecule has 0 aliphatic carbocycles. The Hall–Kier alpha value is -3.76. The maximum Gasteiger partial charge on any atom is 0.197 e. The summed E-state index contributed by atoms with van der Waals surface area (Å²) in [5.41, 5.74) is 7.45. The van der Waals surface area contributed by atoms with Crippen LogP contribution in [0.15, 0.2) is 114 Å². The van der Waals surface area contributed by atoms with E-state index in [1.54, 1.807) is 0 Å². The summed E-state index contributed by atoms with van der Waals surface area (Å²) in [5.74, 6) is 0. The molecule has 0 aliphatic rings. The predicted octanol–water partition coefficient (Wildman–Crippen LogP) is 7.67. The Morgan fingerprint density at radius 1 is 0.531 bits per heavy atom. The van der Waals surface area contributed by atoms with Gasteiger partial charge in [-0.3, -0.25) is 0 Å². The molecule has 152 valence electrons. The summed E-state index contributed by atoms with van der Waals surface area (Å²) in [5, 5.41) is 2.43. The van der Waals surface area contributed by atoms with Crippen LogP contribution in [-0.4, -0.2) is 14.5 Å². The van der Waals surface area contributed by atoms with Crippen molar-refractivity contribution in [2.24, 2.45) is 0 Å². The van der Waals surface area contributed by atoms with Crippen LogP contribution in [0.2, 0.25) is 0 Å². The molecule has 0 fully saturated rings. The molecule has 0 saturated heterocycles.